The van der Waals surface area contributed by atoms with Gasteiger partial charge < -0.3 is 4.98 Å². The number of hydrogen-bond donors (Lipinski definition) is 1. The van der Waals surface area contributed by atoms with Gasteiger partial charge in [-0.1, -0.05) is 20.3 Å². The summed E-state index contributed by atoms with van der Waals surface area (Å²) in [5, 5.41) is 8.73. The zero-order valence-electron chi connectivity index (χ0n) is 15.2. The third-order valence-corrected chi connectivity index (χ3v) is 7.47. The summed E-state index contributed by atoms with van der Waals surface area (Å²) in [5.74, 6) is 2.34. The molecule has 3 aromatic heterocycles. The van der Waals surface area contributed by atoms with Crippen molar-refractivity contribution in [1.82, 2.24) is 24.6 Å². The number of nitrogens with one attached hydrogen (secondary N) is 1. The lowest BCUT2D eigenvalue weighted by molar-refractivity contribution is 0.504. The SMILES string of the molecule is CCCCS(=O)(=O)C[C@H]1C[C@@H](C)[C@@H](c2nnc3cnc4[nH]ccc4n23)C1. The van der Waals surface area contributed by atoms with E-state index in [0.717, 1.165) is 48.3 Å². The minimum atomic E-state index is -2.97. The molecule has 26 heavy (non-hydrogen) atoms. The van der Waals surface area contributed by atoms with Gasteiger partial charge in [-0.2, -0.15) is 0 Å². The van der Waals surface area contributed by atoms with Crippen LogP contribution < -0.4 is 0 Å². The molecule has 1 fully saturated rings. The lowest BCUT2D eigenvalue weighted by Gasteiger charge is -2.13. The average molecular weight is 375 g/mol. The zero-order chi connectivity index (χ0) is 18.3. The topological polar surface area (TPSA) is 93.0 Å². The molecular formula is C18H25N5O2S. The number of nitrogens with zero attached hydrogens (tertiary/aromatic N) is 4. The summed E-state index contributed by atoms with van der Waals surface area (Å²) in [7, 11) is -2.97. The largest absolute Gasteiger partial charge is 0.345 e. The van der Waals surface area contributed by atoms with Crippen molar-refractivity contribution in [2.75, 3.05) is 11.5 Å². The van der Waals surface area contributed by atoms with Gasteiger partial charge >= 0.3 is 0 Å². The summed E-state index contributed by atoms with van der Waals surface area (Å²) in [4.78, 5) is 7.49. The van der Waals surface area contributed by atoms with Gasteiger partial charge in [0.05, 0.1) is 23.2 Å². The Bertz CT molecular complexity index is 1020. The van der Waals surface area contributed by atoms with E-state index < -0.39 is 9.84 Å². The maximum absolute atomic E-state index is 12.4. The second-order valence-corrected chi connectivity index (χ2v) is 9.84. The third kappa shape index (κ3) is 3.11. The van der Waals surface area contributed by atoms with Gasteiger partial charge in [0.2, 0.25) is 0 Å². The maximum Gasteiger partial charge on any atom is 0.179 e. The van der Waals surface area contributed by atoms with Crippen molar-refractivity contribution in [3.63, 3.8) is 0 Å². The quantitative estimate of drug-likeness (QED) is 0.715. The van der Waals surface area contributed by atoms with Crippen molar-refractivity contribution >= 4 is 26.6 Å². The molecule has 1 aliphatic rings. The highest BCUT2D eigenvalue weighted by atomic mass is 32.2. The van der Waals surface area contributed by atoms with Gasteiger partial charge in [0.15, 0.2) is 21.1 Å². The maximum atomic E-state index is 12.4. The number of sulfone groups is 1. The highest BCUT2D eigenvalue weighted by molar-refractivity contribution is 7.91. The summed E-state index contributed by atoms with van der Waals surface area (Å²) >= 11 is 0. The van der Waals surface area contributed by atoms with Gasteiger partial charge in [-0.05, 0) is 37.2 Å². The first-order valence-electron chi connectivity index (χ1n) is 9.36. The van der Waals surface area contributed by atoms with Crippen molar-refractivity contribution in [3.05, 3.63) is 24.3 Å². The van der Waals surface area contributed by atoms with E-state index in [-0.39, 0.29) is 11.8 Å². The van der Waals surface area contributed by atoms with Gasteiger partial charge in [-0.3, -0.25) is 4.40 Å². The first kappa shape index (κ1) is 17.5. The third-order valence-electron chi connectivity index (χ3n) is 5.58. The Labute approximate surface area is 153 Å². The molecular weight excluding hydrogens is 350 g/mol. The first-order valence-corrected chi connectivity index (χ1v) is 11.2. The number of unbranched alkanes of at least 4 members (excludes halogenated alkanes) is 1. The Hall–Kier alpha value is -1.96. The van der Waals surface area contributed by atoms with Crippen molar-refractivity contribution in [3.8, 4) is 0 Å². The lowest BCUT2D eigenvalue weighted by atomic mass is 9.97. The molecule has 8 heteroatoms. The first-order chi connectivity index (χ1) is 12.5. The van der Waals surface area contributed by atoms with Crippen LogP contribution >= 0.6 is 0 Å². The molecule has 0 amide bonds. The molecule has 0 spiro atoms. The predicted octanol–water partition coefficient (Wildman–Crippen LogP) is 2.95. The van der Waals surface area contributed by atoms with E-state index in [4.69, 9.17) is 0 Å². The summed E-state index contributed by atoms with van der Waals surface area (Å²) in [6, 6.07) is 1.98. The molecule has 0 aliphatic heterocycles. The molecule has 7 nitrogen and oxygen atoms in total. The predicted molar refractivity (Wildman–Crippen MR) is 101 cm³/mol. The zero-order valence-corrected chi connectivity index (χ0v) is 16.0. The van der Waals surface area contributed by atoms with Crippen LogP contribution in [0.15, 0.2) is 18.5 Å². The van der Waals surface area contributed by atoms with E-state index in [9.17, 15) is 8.42 Å². The van der Waals surface area contributed by atoms with E-state index in [1.54, 1.807) is 6.20 Å². The second-order valence-electron chi connectivity index (χ2n) is 7.61. The van der Waals surface area contributed by atoms with Crippen LogP contribution in [-0.2, 0) is 9.84 Å². The van der Waals surface area contributed by atoms with E-state index in [1.165, 1.54) is 0 Å². The molecule has 140 valence electrons. The van der Waals surface area contributed by atoms with Crippen LogP contribution in [0, 0.1) is 11.8 Å². The molecule has 0 unspecified atom stereocenters. The Morgan fingerprint density at radius 3 is 2.96 bits per heavy atom. The van der Waals surface area contributed by atoms with Gasteiger partial charge in [-0.15, -0.1) is 10.2 Å². The standard InChI is InChI=1S/C18H25N5O2S/c1-3-4-7-26(24,25)11-13-8-12(2)14(9-13)18-22-21-16-10-20-17-15(23(16)18)5-6-19-17/h5-6,10,12-14,19H,3-4,7-9,11H2,1-2H3/t12-,13+,14+/m1/s1. The molecule has 1 aliphatic carbocycles. The van der Waals surface area contributed by atoms with Gasteiger partial charge in [0.1, 0.15) is 5.82 Å². The lowest BCUT2D eigenvalue weighted by Crippen LogP contribution is -2.17. The van der Waals surface area contributed by atoms with E-state index in [1.807, 2.05) is 19.2 Å². The molecule has 0 saturated heterocycles. The highest BCUT2D eigenvalue weighted by Gasteiger charge is 2.37. The number of aromatic nitrogens is 5. The molecule has 3 aromatic rings. The Balaban J connectivity index is 1.61. The van der Waals surface area contributed by atoms with Crippen molar-refractivity contribution < 1.29 is 8.42 Å². The molecule has 1 saturated carbocycles. The summed E-state index contributed by atoms with van der Waals surface area (Å²) in [6.45, 7) is 4.22. The normalized spacial score (nSPS) is 24.0. The fourth-order valence-electron chi connectivity index (χ4n) is 4.32. The Kier molecular flexibility index (Phi) is 4.46. The van der Waals surface area contributed by atoms with Crippen LogP contribution in [0.5, 0.6) is 0 Å². The van der Waals surface area contributed by atoms with Crippen molar-refractivity contribution in [2.45, 2.75) is 45.4 Å². The van der Waals surface area contributed by atoms with Crippen LogP contribution in [0.4, 0.5) is 0 Å². The van der Waals surface area contributed by atoms with Crippen LogP contribution in [0.25, 0.3) is 16.8 Å². The number of aromatic amines is 1. The Morgan fingerprint density at radius 1 is 1.31 bits per heavy atom. The van der Waals surface area contributed by atoms with Gasteiger partial charge in [0.25, 0.3) is 0 Å². The van der Waals surface area contributed by atoms with Crippen LogP contribution in [0.1, 0.15) is 51.3 Å². The molecule has 0 aromatic carbocycles. The molecule has 3 heterocycles. The average Bonchev–Trinajstić information content (AvgIpc) is 3.29. The van der Waals surface area contributed by atoms with Gasteiger partial charge in [0, 0.05) is 12.1 Å². The monoisotopic (exact) mass is 375 g/mol. The fraction of sp³-hybridized carbons (Fsp3) is 0.611. The number of rotatable bonds is 6. The summed E-state index contributed by atoms with van der Waals surface area (Å²) in [5.41, 5.74) is 2.51. The van der Waals surface area contributed by atoms with Crippen LogP contribution in [-0.4, -0.2) is 44.5 Å². The minimum absolute atomic E-state index is 0.202. The van der Waals surface area contributed by atoms with E-state index in [0.29, 0.717) is 17.4 Å². The second kappa shape index (κ2) is 6.64. The molecule has 4 rings (SSSR count). The molecule has 1 N–H and O–H groups in total. The molecule has 0 bridgehead atoms. The van der Waals surface area contributed by atoms with Crippen LogP contribution in [0.2, 0.25) is 0 Å². The molecule has 0 radical (unpaired) electrons. The van der Waals surface area contributed by atoms with Crippen molar-refractivity contribution in [2.24, 2.45) is 11.8 Å². The summed E-state index contributed by atoms with van der Waals surface area (Å²) < 4.78 is 26.8. The highest BCUT2D eigenvalue weighted by Crippen LogP contribution is 2.43. The van der Waals surface area contributed by atoms with Crippen LogP contribution in [0.3, 0.4) is 0 Å². The number of fused-ring (bicyclic) bond motifs is 3. The number of H-pyrrole nitrogens is 1. The molecule has 3 atom stereocenters. The van der Waals surface area contributed by atoms with Gasteiger partial charge in [-0.25, -0.2) is 13.4 Å². The fourth-order valence-corrected chi connectivity index (χ4v) is 6.20. The Morgan fingerprint density at radius 2 is 2.15 bits per heavy atom. The van der Waals surface area contributed by atoms with Crippen molar-refractivity contribution in [1.29, 1.82) is 0 Å². The van der Waals surface area contributed by atoms with E-state index >= 15 is 0 Å². The smallest absolute Gasteiger partial charge is 0.179 e. The minimum Gasteiger partial charge on any atom is -0.345 e. The summed E-state index contributed by atoms with van der Waals surface area (Å²) in [6.07, 6.45) is 7.02. The van der Waals surface area contributed by atoms with E-state index in [2.05, 4.69) is 31.5 Å². The number of hydrogen-bond acceptors (Lipinski definition) is 5.